The highest BCUT2D eigenvalue weighted by atomic mass is 32.1. The normalized spacial score (nSPS) is 18.8. The van der Waals surface area contributed by atoms with Gasteiger partial charge in [-0.3, -0.25) is 0 Å². The number of benzene rings is 2. The molecule has 0 bridgehead atoms. The molecular weight excluding hydrogens is 484 g/mol. The number of hydrogen-bond acceptors (Lipinski definition) is 7. The first kappa shape index (κ1) is 25.2. The minimum absolute atomic E-state index is 0.0000589. The van der Waals surface area contributed by atoms with Gasteiger partial charge in [0.25, 0.3) is 0 Å². The zero-order valence-electron chi connectivity index (χ0n) is 21.7. The van der Waals surface area contributed by atoms with Crippen LogP contribution in [0.3, 0.4) is 0 Å². The summed E-state index contributed by atoms with van der Waals surface area (Å²) in [6.07, 6.45) is 2.75. The van der Waals surface area contributed by atoms with Gasteiger partial charge in [0.1, 0.15) is 21.8 Å². The van der Waals surface area contributed by atoms with Gasteiger partial charge in [0.2, 0.25) is 0 Å². The predicted molar refractivity (Wildman–Crippen MR) is 145 cm³/mol. The number of urea groups is 1. The Morgan fingerprint density at radius 2 is 2.03 bits per heavy atom. The van der Waals surface area contributed by atoms with Crippen molar-refractivity contribution in [2.75, 3.05) is 27.2 Å². The van der Waals surface area contributed by atoms with Gasteiger partial charge in [0, 0.05) is 30.3 Å². The first-order chi connectivity index (χ1) is 17.8. The molecule has 2 heterocycles. The van der Waals surface area contributed by atoms with Crippen LogP contribution in [0.2, 0.25) is 0 Å². The summed E-state index contributed by atoms with van der Waals surface area (Å²) in [5, 5.41) is 23.4. The van der Waals surface area contributed by atoms with E-state index in [9.17, 15) is 10.1 Å². The van der Waals surface area contributed by atoms with E-state index in [1.54, 1.807) is 0 Å². The van der Waals surface area contributed by atoms with E-state index in [0.717, 1.165) is 59.1 Å². The molecule has 5 rings (SSSR count). The molecular formula is C28H32N6O2S. The number of carbonyl (C=O) groups excluding carboxylic acids is 1. The second-order valence-electron chi connectivity index (χ2n) is 10.2. The first-order valence-electron chi connectivity index (χ1n) is 12.7. The quantitative estimate of drug-likeness (QED) is 0.503. The SMILES string of the molecule is CC(C)Oc1ccc(-c2nnc(-c3cccc4c3CC[C@@H]4NC(=O)N3CC[C@@H](N(C)C)C3)s2)cc1C#N. The van der Waals surface area contributed by atoms with Gasteiger partial charge in [-0.15, -0.1) is 10.2 Å². The lowest BCUT2D eigenvalue weighted by Crippen LogP contribution is -2.41. The van der Waals surface area contributed by atoms with Crippen molar-refractivity contribution in [2.24, 2.45) is 0 Å². The Hall–Kier alpha value is -3.48. The van der Waals surface area contributed by atoms with Crippen LogP contribution in [-0.4, -0.2) is 65.4 Å². The smallest absolute Gasteiger partial charge is 0.317 e. The van der Waals surface area contributed by atoms with Gasteiger partial charge in [-0.25, -0.2) is 4.79 Å². The Labute approximate surface area is 221 Å². The van der Waals surface area contributed by atoms with E-state index < -0.39 is 0 Å². The molecule has 2 aromatic carbocycles. The highest BCUT2D eigenvalue weighted by Gasteiger charge is 2.32. The minimum Gasteiger partial charge on any atom is -0.490 e. The molecule has 3 aromatic rings. The molecule has 1 N–H and O–H groups in total. The third-order valence-corrected chi connectivity index (χ3v) is 8.12. The van der Waals surface area contributed by atoms with E-state index in [1.807, 2.05) is 43.0 Å². The van der Waals surface area contributed by atoms with Gasteiger partial charge >= 0.3 is 6.03 Å². The molecule has 0 unspecified atom stereocenters. The van der Waals surface area contributed by atoms with Crippen LogP contribution in [-0.2, 0) is 6.42 Å². The third-order valence-electron chi connectivity index (χ3n) is 7.11. The molecule has 2 atom stereocenters. The highest BCUT2D eigenvalue weighted by Crippen LogP contribution is 2.40. The minimum atomic E-state index is -0.00909. The molecule has 1 aromatic heterocycles. The standard InChI is InChI=1S/C28H32N6O2S/c1-17(2)36-25-11-8-18(14-19(25)15-29)26-31-32-27(37-26)23-7-5-6-22-21(23)9-10-24(22)30-28(35)34-13-12-20(16-34)33(3)4/h5-8,11,14,17,20,24H,9-10,12-13,16H2,1-4H3,(H,30,35)/t20-,24+/m1/s1. The van der Waals surface area contributed by atoms with Gasteiger partial charge in [-0.1, -0.05) is 29.5 Å². The van der Waals surface area contributed by atoms with Crippen LogP contribution in [0.4, 0.5) is 4.79 Å². The number of nitrogens with one attached hydrogen (secondary N) is 1. The molecule has 0 saturated carbocycles. The van der Waals surface area contributed by atoms with Gasteiger partial charge < -0.3 is 19.9 Å². The molecule has 2 amide bonds. The Morgan fingerprint density at radius 1 is 1.22 bits per heavy atom. The van der Waals surface area contributed by atoms with Crippen LogP contribution >= 0.6 is 11.3 Å². The van der Waals surface area contributed by atoms with Gasteiger partial charge in [0.05, 0.1) is 17.7 Å². The van der Waals surface area contributed by atoms with Crippen molar-refractivity contribution in [2.45, 2.75) is 51.3 Å². The van der Waals surface area contributed by atoms with Crippen molar-refractivity contribution < 1.29 is 9.53 Å². The van der Waals surface area contributed by atoms with Crippen molar-refractivity contribution in [3.63, 3.8) is 0 Å². The number of nitriles is 1. The average Bonchev–Trinajstić information content (AvgIpc) is 3.64. The monoisotopic (exact) mass is 516 g/mol. The van der Waals surface area contributed by atoms with Gasteiger partial charge in [0.15, 0.2) is 0 Å². The van der Waals surface area contributed by atoms with E-state index in [-0.39, 0.29) is 18.2 Å². The van der Waals surface area contributed by atoms with Crippen LogP contribution in [0.5, 0.6) is 5.75 Å². The molecule has 37 heavy (non-hydrogen) atoms. The summed E-state index contributed by atoms with van der Waals surface area (Å²) in [7, 11) is 4.14. The zero-order valence-corrected chi connectivity index (χ0v) is 22.5. The molecule has 8 nitrogen and oxygen atoms in total. The van der Waals surface area contributed by atoms with E-state index >= 15 is 0 Å². The van der Waals surface area contributed by atoms with Gasteiger partial charge in [-0.2, -0.15) is 5.26 Å². The molecule has 1 fully saturated rings. The maximum absolute atomic E-state index is 13.0. The summed E-state index contributed by atoms with van der Waals surface area (Å²) in [4.78, 5) is 17.1. The maximum atomic E-state index is 13.0. The molecule has 192 valence electrons. The largest absolute Gasteiger partial charge is 0.490 e. The first-order valence-corrected chi connectivity index (χ1v) is 13.5. The lowest BCUT2D eigenvalue weighted by atomic mass is 10.0. The number of likely N-dealkylation sites (tertiary alicyclic amines) is 1. The third kappa shape index (κ3) is 5.17. The summed E-state index contributed by atoms with van der Waals surface area (Å²) in [5.41, 5.74) is 4.77. The van der Waals surface area contributed by atoms with Crippen LogP contribution in [0.15, 0.2) is 36.4 Å². The highest BCUT2D eigenvalue weighted by molar-refractivity contribution is 7.17. The number of rotatable bonds is 6. The van der Waals surface area contributed by atoms with Crippen LogP contribution in [0, 0.1) is 11.3 Å². The van der Waals surface area contributed by atoms with Crippen LogP contribution in [0.1, 0.15) is 49.4 Å². The number of fused-ring (bicyclic) bond motifs is 1. The van der Waals surface area contributed by atoms with Gasteiger partial charge in [-0.05, 0) is 76.5 Å². The molecule has 2 aliphatic rings. The number of hydrogen-bond donors (Lipinski definition) is 1. The topological polar surface area (TPSA) is 94.4 Å². The Morgan fingerprint density at radius 3 is 2.76 bits per heavy atom. The lowest BCUT2D eigenvalue weighted by molar-refractivity contribution is 0.199. The number of nitrogens with zero attached hydrogens (tertiary/aromatic N) is 5. The van der Waals surface area contributed by atoms with E-state index in [0.29, 0.717) is 17.4 Å². The second-order valence-corrected chi connectivity index (χ2v) is 11.1. The fraction of sp³-hybridized carbons (Fsp3) is 0.429. The predicted octanol–water partition coefficient (Wildman–Crippen LogP) is 4.86. The van der Waals surface area contributed by atoms with Crippen molar-refractivity contribution in [1.29, 1.82) is 5.26 Å². The number of amides is 2. The van der Waals surface area contributed by atoms with Crippen molar-refractivity contribution in [3.05, 3.63) is 53.1 Å². The number of carbonyl (C=O) groups is 1. The number of ether oxygens (including phenoxy) is 1. The summed E-state index contributed by atoms with van der Waals surface area (Å²) >= 11 is 1.51. The summed E-state index contributed by atoms with van der Waals surface area (Å²) in [6, 6.07) is 14.4. The van der Waals surface area contributed by atoms with Crippen molar-refractivity contribution >= 4 is 17.4 Å². The molecule has 9 heteroatoms. The average molecular weight is 517 g/mol. The second kappa shape index (κ2) is 10.5. The van der Waals surface area contributed by atoms with E-state index in [4.69, 9.17) is 4.74 Å². The Bertz CT molecular complexity index is 1340. The maximum Gasteiger partial charge on any atom is 0.317 e. The van der Waals surface area contributed by atoms with Crippen molar-refractivity contribution in [1.82, 2.24) is 25.3 Å². The molecule has 1 saturated heterocycles. The summed E-state index contributed by atoms with van der Waals surface area (Å²) in [5.74, 6) is 0.575. The van der Waals surface area contributed by atoms with E-state index in [1.165, 1.54) is 16.9 Å². The Balaban J connectivity index is 1.34. The van der Waals surface area contributed by atoms with E-state index in [2.05, 4.69) is 52.7 Å². The Kier molecular flexibility index (Phi) is 7.13. The number of likely N-dealkylation sites (N-methyl/N-ethyl adjacent to an activating group) is 1. The molecule has 0 spiro atoms. The fourth-order valence-corrected chi connectivity index (χ4v) is 6.04. The molecule has 1 aliphatic carbocycles. The molecule has 1 aliphatic heterocycles. The lowest BCUT2D eigenvalue weighted by Gasteiger charge is -2.23. The van der Waals surface area contributed by atoms with Crippen LogP contribution < -0.4 is 10.1 Å². The van der Waals surface area contributed by atoms with Crippen molar-refractivity contribution in [3.8, 4) is 33.0 Å². The number of aromatic nitrogens is 2. The summed E-state index contributed by atoms with van der Waals surface area (Å²) in [6.45, 7) is 5.44. The van der Waals surface area contributed by atoms with Crippen LogP contribution in [0.25, 0.3) is 21.1 Å². The fourth-order valence-electron chi connectivity index (χ4n) is 5.15. The zero-order chi connectivity index (χ0) is 26.1. The molecule has 0 radical (unpaired) electrons. The summed E-state index contributed by atoms with van der Waals surface area (Å²) < 4.78 is 5.75.